The van der Waals surface area contributed by atoms with Crippen LogP contribution in [-0.4, -0.2) is 35.2 Å². The average molecular weight is 541 g/mol. The number of halogens is 4. The van der Waals surface area contributed by atoms with E-state index in [9.17, 15) is 27.4 Å². The Morgan fingerprint density at radius 2 is 1.76 bits per heavy atom. The molecule has 3 aromatic rings. The summed E-state index contributed by atoms with van der Waals surface area (Å²) >= 11 is 0. The number of hydrogen-bond donors (Lipinski definition) is 1. The van der Waals surface area contributed by atoms with Crippen molar-refractivity contribution in [2.45, 2.75) is 65.1 Å². The number of nitrogens with zero attached hydrogens (tertiary/aromatic N) is 3. The highest BCUT2D eigenvalue weighted by atomic mass is 19.3. The molecule has 38 heavy (non-hydrogen) atoms. The lowest BCUT2D eigenvalue weighted by molar-refractivity contribution is -0.181. The predicted octanol–water partition coefficient (Wildman–Crippen LogP) is 7.26. The lowest BCUT2D eigenvalue weighted by atomic mass is 9.77. The van der Waals surface area contributed by atoms with Gasteiger partial charge in [0.2, 0.25) is 5.82 Å². The van der Waals surface area contributed by atoms with Gasteiger partial charge in [0.05, 0.1) is 31.1 Å². The summed E-state index contributed by atoms with van der Waals surface area (Å²) in [6.45, 7) is 7.84. The molecular weight excluding hydrogens is 508 g/mol. The highest BCUT2D eigenvalue weighted by molar-refractivity contribution is 5.76. The maximum absolute atomic E-state index is 13.8. The van der Waals surface area contributed by atoms with Gasteiger partial charge in [-0.1, -0.05) is 37.2 Å². The van der Waals surface area contributed by atoms with E-state index in [1.807, 2.05) is 13.8 Å². The van der Waals surface area contributed by atoms with Crippen LogP contribution < -0.4 is 4.74 Å². The lowest BCUT2D eigenvalue weighted by Gasteiger charge is -2.35. The monoisotopic (exact) mass is 540 g/mol. The minimum absolute atomic E-state index is 0.00251. The van der Waals surface area contributed by atoms with Crippen LogP contribution in [0.5, 0.6) is 5.75 Å². The van der Waals surface area contributed by atoms with Crippen LogP contribution in [-0.2, 0) is 17.8 Å². The van der Waals surface area contributed by atoms with E-state index in [2.05, 4.69) is 20.3 Å². The zero-order valence-corrected chi connectivity index (χ0v) is 22.1. The van der Waals surface area contributed by atoms with E-state index in [1.54, 1.807) is 25.4 Å². The second-order valence-corrected chi connectivity index (χ2v) is 8.80. The summed E-state index contributed by atoms with van der Waals surface area (Å²) in [5.74, 6) is -6.53. The van der Waals surface area contributed by atoms with Crippen molar-refractivity contribution in [3.8, 4) is 5.75 Å². The van der Waals surface area contributed by atoms with Crippen LogP contribution in [0.2, 0.25) is 0 Å². The Morgan fingerprint density at radius 3 is 2.29 bits per heavy atom. The molecule has 0 aliphatic carbocycles. The molecule has 4 rings (SSSR count). The van der Waals surface area contributed by atoms with Crippen LogP contribution >= 0.6 is 0 Å². The molecule has 2 unspecified atom stereocenters. The van der Waals surface area contributed by atoms with E-state index in [4.69, 9.17) is 9.47 Å². The van der Waals surface area contributed by atoms with Crippen LogP contribution in [0, 0.1) is 27.4 Å². The SMILES string of the molecule is CC.COc1c(C2CO[C@@](C)(C(C)(F)F)C2C)ccc(F)c1F.O=NCc1cc2nc[nH]c2cc1CN=O. The molecule has 1 aromatic heterocycles. The first kappa shape index (κ1) is 30.8. The Balaban J connectivity index is 0.000000262. The summed E-state index contributed by atoms with van der Waals surface area (Å²) < 4.78 is 64.9. The van der Waals surface area contributed by atoms with Crippen molar-refractivity contribution in [3.63, 3.8) is 0 Å². The first-order valence-corrected chi connectivity index (χ1v) is 12.0. The van der Waals surface area contributed by atoms with Crippen molar-refractivity contribution in [3.05, 3.63) is 68.7 Å². The van der Waals surface area contributed by atoms with E-state index >= 15 is 0 Å². The third kappa shape index (κ3) is 6.17. The molecular formula is C26H32F4N4O4. The molecule has 1 aliphatic rings. The van der Waals surface area contributed by atoms with E-state index in [0.717, 1.165) is 24.0 Å². The highest BCUT2D eigenvalue weighted by Crippen LogP contribution is 2.51. The molecule has 8 nitrogen and oxygen atoms in total. The van der Waals surface area contributed by atoms with Crippen molar-refractivity contribution >= 4 is 11.0 Å². The number of rotatable bonds is 7. The molecule has 1 saturated heterocycles. The van der Waals surface area contributed by atoms with Crippen LogP contribution in [0.4, 0.5) is 17.6 Å². The van der Waals surface area contributed by atoms with Gasteiger partial charge in [-0.25, -0.2) is 18.2 Å². The number of methoxy groups -OCH3 is 1. The third-order valence-corrected chi connectivity index (χ3v) is 6.80. The molecule has 208 valence electrons. The fraction of sp³-hybridized carbons (Fsp3) is 0.500. The number of hydrogen-bond acceptors (Lipinski definition) is 7. The number of alkyl halides is 2. The Morgan fingerprint density at radius 1 is 1.16 bits per heavy atom. The summed E-state index contributed by atoms with van der Waals surface area (Å²) in [6, 6.07) is 5.85. The van der Waals surface area contributed by atoms with Gasteiger partial charge < -0.3 is 14.5 Å². The maximum Gasteiger partial charge on any atom is 0.273 e. The quantitative estimate of drug-likeness (QED) is 0.251. The first-order valence-electron chi connectivity index (χ1n) is 12.0. The van der Waals surface area contributed by atoms with Crippen molar-refractivity contribution < 1.29 is 27.0 Å². The minimum atomic E-state index is -3.05. The van der Waals surface area contributed by atoms with Crippen LogP contribution in [0.1, 0.15) is 57.2 Å². The standard InChI is InChI=1S/C15H18F4O2.C9H8N4O2.C2H6/c1-8-10(7-21-14(8,2)15(3,18)19)9-5-6-11(16)12(17)13(9)20-4;14-12-3-6-1-8-9(11-5-10-8)2-7(6)4-13-15;1-2/h5-6,8,10H,7H2,1-4H3;1-2,5H,3-4H2,(H,10,11);1-2H3/t8?,10?,14-;;/m1../s1. The summed E-state index contributed by atoms with van der Waals surface area (Å²) in [7, 11) is 1.22. The van der Waals surface area contributed by atoms with Crippen molar-refractivity contribution in [2.24, 2.45) is 16.3 Å². The molecule has 0 bridgehead atoms. The summed E-state index contributed by atoms with van der Waals surface area (Å²) in [6.07, 6.45) is 1.56. The van der Waals surface area contributed by atoms with E-state index < -0.39 is 35.0 Å². The van der Waals surface area contributed by atoms with Gasteiger partial charge >= 0.3 is 0 Å². The molecule has 1 fully saturated rings. The molecule has 0 amide bonds. The Hall–Kier alpha value is -3.41. The van der Waals surface area contributed by atoms with Gasteiger partial charge in [0.15, 0.2) is 11.6 Å². The van der Waals surface area contributed by atoms with Crippen molar-refractivity contribution in [1.82, 2.24) is 9.97 Å². The lowest BCUT2D eigenvalue weighted by Crippen LogP contribution is -2.47. The Bertz CT molecular complexity index is 1200. The number of H-pyrrole nitrogens is 1. The number of ether oxygens (including phenoxy) is 2. The fourth-order valence-electron chi connectivity index (χ4n) is 4.36. The molecule has 0 radical (unpaired) electrons. The Kier molecular flexibility index (Phi) is 10.5. The number of fused-ring (bicyclic) bond motifs is 1. The maximum atomic E-state index is 13.8. The second kappa shape index (κ2) is 12.9. The number of nitroso groups, excluding NO2 is 2. The number of aromatic amines is 1. The average Bonchev–Trinajstić information content (AvgIpc) is 3.47. The van der Waals surface area contributed by atoms with Crippen molar-refractivity contribution in [1.29, 1.82) is 0 Å². The van der Waals surface area contributed by atoms with Crippen LogP contribution in [0.3, 0.4) is 0 Å². The highest BCUT2D eigenvalue weighted by Gasteiger charge is 2.57. The van der Waals surface area contributed by atoms with Gasteiger partial charge in [0.25, 0.3) is 5.92 Å². The minimum Gasteiger partial charge on any atom is -0.493 e. The number of nitrogens with one attached hydrogen (secondary N) is 1. The molecule has 0 spiro atoms. The summed E-state index contributed by atoms with van der Waals surface area (Å²) in [5, 5.41) is 5.62. The smallest absolute Gasteiger partial charge is 0.273 e. The molecule has 3 atom stereocenters. The molecule has 1 aliphatic heterocycles. The van der Waals surface area contributed by atoms with Gasteiger partial charge in [-0.3, -0.25) is 0 Å². The fourth-order valence-corrected chi connectivity index (χ4v) is 4.36. The van der Waals surface area contributed by atoms with Gasteiger partial charge in [-0.2, -0.15) is 14.2 Å². The largest absolute Gasteiger partial charge is 0.493 e. The van der Waals surface area contributed by atoms with Gasteiger partial charge in [-0.15, -0.1) is 0 Å². The number of benzene rings is 2. The zero-order chi connectivity index (χ0) is 28.7. The van der Waals surface area contributed by atoms with E-state index in [0.29, 0.717) is 16.7 Å². The molecule has 12 heteroatoms. The summed E-state index contributed by atoms with van der Waals surface area (Å²) in [5.41, 5.74) is 1.67. The molecule has 1 N–H and O–H groups in total. The van der Waals surface area contributed by atoms with E-state index in [1.165, 1.54) is 20.1 Å². The van der Waals surface area contributed by atoms with Gasteiger partial charge in [-0.05, 0) is 42.2 Å². The second-order valence-electron chi connectivity index (χ2n) is 8.80. The molecule has 2 heterocycles. The third-order valence-electron chi connectivity index (χ3n) is 6.80. The van der Waals surface area contributed by atoms with E-state index in [-0.39, 0.29) is 25.4 Å². The zero-order valence-electron chi connectivity index (χ0n) is 22.1. The van der Waals surface area contributed by atoms with Crippen LogP contribution in [0.15, 0.2) is 40.9 Å². The summed E-state index contributed by atoms with van der Waals surface area (Å²) in [4.78, 5) is 27.4. The topological polar surface area (TPSA) is 106 Å². The number of aromatic nitrogens is 2. The molecule has 0 saturated carbocycles. The normalized spacial score (nSPS) is 20.7. The first-order chi connectivity index (χ1) is 18.0. The van der Waals surface area contributed by atoms with Gasteiger partial charge in [0, 0.05) is 18.4 Å². The number of imidazole rings is 1. The van der Waals surface area contributed by atoms with Crippen molar-refractivity contribution in [2.75, 3.05) is 13.7 Å². The van der Waals surface area contributed by atoms with Crippen LogP contribution in [0.25, 0.3) is 11.0 Å². The van der Waals surface area contributed by atoms with Gasteiger partial charge in [0.1, 0.15) is 18.7 Å². The Labute approximate surface area is 218 Å². The predicted molar refractivity (Wildman–Crippen MR) is 136 cm³/mol. The molecule has 2 aromatic carbocycles.